The zero-order valence-electron chi connectivity index (χ0n) is 14.3. The first-order valence-corrected chi connectivity index (χ1v) is 10.1. The van der Waals surface area contributed by atoms with E-state index in [0.717, 1.165) is 41.4 Å². The second-order valence-electron chi connectivity index (χ2n) is 6.78. The van der Waals surface area contributed by atoms with Crippen molar-refractivity contribution in [2.75, 3.05) is 6.54 Å². The van der Waals surface area contributed by atoms with E-state index in [4.69, 9.17) is 0 Å². The minimum atomic E-state index is -3.60. The Bertz CT molecular complexity index is 998. The molecule has 0 amide bonds. The number of fused-ring (bicyclic) bond motifs is 1. The summed E-state index contributed by atoms with van der Waals surface area (Å²) in [5.41, 5.74) is 2.88. The van der Waals surface area contributed by atoms with E-state index in [1.54, 1.807) is 18.3 Å². The van der Waals surface area contributed by atoms with Gasteiger partial charge in [0.15, 0.2) is 0 Å². The third-order valence-corrected chi connectivity index (χ3v) is 6.65. The van der Waals surface area contributed by atoms with Crippen LogP contribution in [-0.2, 0) is 16.4 Å². The molecule has 0 saturated carbocycles. The Morgan fingerprint density at radius 2 is 1.88 bits per heavy atom. The molecule has 0 aliphatic carbocycles. The first-order valence-electron chi connectivity index (χ1n) is 8.70. The summed E-state index contributed by atoms with van der Waals surface area (Å²) in [5, 5.41) is 4.52. The number of hydrogen-bond donors (Lipinski definition) is 1. The first-order chi connectivity index (χ1) is 12.1. The highest BCUT2D eigenvalue weighted by molar-refractivity contribution is 7.90. The van der Waals surface area contributed by atoms with Crippen molar-refractivity contribution in [1.29, 1.82) is 0 Å². The Balaban J connectivity index is 1.82. The van der Waals surface area contributed by atoms with Gasteiger partial charge >= 0.3 is 0 Å². The lowest BCUT2D eigenvalue weighted by Gasteiger charge is -2.09. The lowest BCUT2D eigenvalue weighted by Crippen LogP contribution is -2.23. The Hall–Kier alpha value is -2.11. The standard InChI is InChI=1S/C20H22N2O2S/c1-15-8-10-18(11-9-15)25(23,24)22-14-16(13-17-5-4-12-21-17)19-6-2-3-7-20(19)22/h2-3,6-11,14,17,21H,4-5,12-13H2,1H3/t17-/m0/s1. The van der Waals surface area contributed by atoms with Gasteiger partial charge in [0, 0.05) is 17.6 Å². The Labute approximate surface area is 148 Å². The summed E-state index contributed by atoms with van der Waals surface area (Å²) < 4.78 is 27.8. The number of hydrogen-bond acceptors (Lipinski definition) is 3. The van der Waals surface area contributed by atoms with Crippen molar-refractivity contribution < 1.29 is 8.42 Å². The molecule has 0 spiro atoms. The number of aromatic nitrogens is 1. The molecule has 0 radical (unpaired) electrons. The molecule has 1 aliphatic rings. The summed E-state index contributed by atoms with van der Waals surface area (Å²) in [6.07, 6.45) is 4.99. The van der Waals surface area contributed by atoms with E-state index in [1.165, 1.54) is 10.4 Å². The van der Waals surface area contributed by atoms with Crippen LogP contribution in [0.25, 0.3) is 10.9 Å². The second kappa shape index (κ2) is 6.32. The molecule has 0 unspecified atom stereocenters. The summed E-state index contributed by atoms with van der Waals surface area (Å²) in [6.45, 7) is 3.00. The Morgan fingerprint density at radius 3 is 2.60 bits per heavy atom. The van der Waals surface area contributed by atoms with Crippen LogP contribution in [0.1, 0.15) is 24.0 Å². The number of para-hydroxylation sites is 1. The molecule has 3 aromatic rings. The van der Waals surface area contributed by atoms with Gasteiger partial charge in [0.1, 0.15) is 0 Å². The molecule has 5 heteroatoms. The molecule has 2 aromatic carbocycles. The van der Waals surface area contributed by atoms with E-state index in [2.05, 4.69) is 5.32 Å². The van der Waals surface area contributed by atoms with Gasteiger partial charge in [-0.05, 0) is 56.5 Å². The van der Waals surface area contributed by atoms with Crippen LogP contribution in [0.2, 0.25) is 0 Å². The SMILES string of the molecule is Cc1ccc(S(=O)(=O)n2cc(C[C@@H]3CCCN3)c3ccccc32)cc1. The number of nitrogens with zero attached hydrogens (tertiary/aromatic N) is 1. The topological polar surface area (TPSA) is 51.1 Å². The molecule has 1 aromatic heterocycles. The number of nitrogens with one attached hydrogen (secondary N) is 1. The molecule has 1 fully saturated rings. The van der Waals surface area contributed by atoms with Crippen LogP contribution in [0.4, 0.5) is 0 Å². The highest BCUT2D eigenvalue weighted by atomic mass is 32.2. The molecule has 130 valence electrons. The normalized spacial score (nSPS) is 18.0. The van der Waals surface area contributed by atoms with Crippen LogP contribution >= 0.6 is 0 Å². The quantitative estimate of drug-likeness (QED) is 0.780. The molecule has 4 rings (SSSR count). The Morgan fingerprint density at radius 1 is 1.12 bits per heavy atom. The van der Waals surface area contributed by atoms with Crippen molar-refractivity contribution in [3.05, 3.63) is 65.9 Å². The fraction of sp³-hybridized carbons (Fsp3) is 0.300. The van der Waals surface area contributed by atoms with E-state index in [-0.39, 0.29) is 0 Å². The van der Waals surface area contributed by atoms with Crippen LogP contribution in [0.3, 0.4) is 0 Å². The van der Waals surface area contributed by atoms with Crippen LogP contribution in [-0.4, -0.2) is 25.0 Å². The van der Waals surface area contributed by atoms with Gasteiger partial charge in [-0.15, -0.1) is 0 Å². The van der Waals surface area contributed by atoms with Crippen LogP contribution in [0.15, 0.2) is 59.6 Å². The molecule has 1 N–H and O–H groups in total. The number of rotatable bonds is 4. The van der Waals surface area contributed by atoms with Crippen LogP contribution in [0, 0.1) is 6.92 Å². The second-order valence-corrected chi connectivity index (χ2v) is 8.60. The van der Waals surface area contributed by atoms with E-state index in [9.17, 15) is 8.42 Å². The van der Waals surface area contributed by atoms with E-state index in [0.29, 0.717) is 10.9 Å². The van der Waals surface area contributed by atoms with Gasteiger partial charge in [0.2, 0.25) is 0 Å². The van der Waals surface area contributed by atoms with Crippen molar-refractivity contribution in [3.8, 4) is 0 Å². The van der Waals surface area contributed by atoms with Gasteiger partial charge < -0.3 is 5.32 Å². The smallest absolute Gasteiger partial charge is 0.268 e. The summed E-state index contributed by atoms with van der Waals surface area (Å²) in [6, 6.07) is 15.2. The third kappa shape index (κ3) is 2.98. The van der Waals surface area contributed by atoms with Gasteiger partial charge in [0.25, 0.3) is 10.0 Å². The molecule has 25 heavy (non-hydrogen) atoms. The number of benzene rings is 2. The predicted octanol–water partition coefficient (Wildman–Crippen LogP) is 3.48. The maximum Gasteiger partial charge on any atom is 0.268 e. The third-order valence-electron chi connectivity index (χ3n) is 4.97. The predicted molar refractivity (Wildman–Crippen MR) is 100 cm³/mol. The Kier molecular flexibility index (Phi) is 4.13. The van der Waals surface area contributed by atoms with Gasteiger partial charge in [-0.25, -0.2) is 12.4 Å². The maximum absolute atomic E-state index is 13.2. The van der Waals surface area contributed by atoms with Crippen molar-refractivity contribution in [2.45, 2.75) is 37.1 Å². The van der Waals surface area contributed by atoms with Gasteiger partial charge in [-0.3, -0.25) is 0 Å². The van der Waals surface area contributed by atoms with Crippen molar-refractivity contribution >= 4 is 20.9 Å². The van der Waals surface area contributed by atoms with Gasteiger partial charge in [-0.1, -0.05) is 35.9 Å². The van der Waals surface area contributed by atoms with Gasteiger partial charge in [-0.2, -0.15) is 0 Å². The van der Waals surface area contributed by atoms with Crippen molar-refractivity contribution in [3.63, 3.8) is 0 Å². The highest BCUT2D eigenvalue weighted by Crippen LogP contribution is 2.28. The largest absolute Gasteiger partial charge is 0.314 e. The monoisotopic (exact) mass is 354 g/mol. The van der Waals surface area contributed by atoms with E-state index >= 15 is 0 Å². The fourth-order valence-electron chi connectivity index (χ4n) is 3.60. The molecule has 2 heterocycles. The first kappa shape index (κ1) is 16.4. The lowest BCUT2D eigenvalue weighted by molar-refractivity contribution is 0.587. The molecule has 1 atom stereocenters. The highest BCUT2D eigenvalue weighted by Gasteiger charge is 2.23. The molecule has 1 aliphatic heterocycles. The molecular weight excluding hydrogens is 332 g/mol. The lowest BCUT2D eigenvalue weighted by atomic mass is 10.0. The van der Waals surface area contributed by atoms with Gasteiger partial charge in [0.05, 0.1) is 10.4 Å². The molecule has 1 saturated heterocycles. The average molecular weight is 354 g/mol. The minimum absolute atomic E-state index is 0.324. The summed E-state index contributed by atoms with van der Waals surface area (Å²) in [7, 11) is -3.60. The fourth-order valence-corrected chi connectivity index (χ4v) is 4.99. The van der Waals surface area contributed by atoms with Crippen LogP contribution in [0.5, 0.6) is 0 Å². The maximum atomic E-state index is 13.2. The minimum Gasteiger partial charge on any atom is -0.314 e. The molecular formula is C20H22N2O2S. The zero-order chi connectivity index (χ0) is 17.4. The summed E-state index contributed by atoms with van der Waals surface area (Å²) in [4.78, 5) is 0.324. The summed E-state index contributed by atoms with van der Waals surface area (Å²) >= 11 is 0. The average Bonchev–Trinajstić information content (AvgIpc) is 3.24. The molecule has 0 bridgehead atoms. The zero-order valence-corrected chi connectivity index (χ0v) is 15.1. The van der Waals surface area contributed by atoms with Crippen molar-refractivity contribution in [1.82, 2.24) is 9.29 Å². The van der Waals surface area contributed by atoms with Crippen LogP contribution < -0.4 is 5.32 Å². The van der Waals surface area contributed by atoms with Crippen molar-refractivity contribution in [2.24, 2.45) is 0 Å². The van der Waals surface area contributed by atoms with E-state index in [1.807, 2.05) is 43.3 Å². The molecule has 4 nitrogen and oxygen atoms in total. The van der Waals surface area contributed by atoms with E-state index < -0.39 is 10.0 Å². The summed E-state index contributed by atoms with van der Waals surface area (Å²) in [5.74, 6) is 0. The number of aryl methyl sites for hydroxylation is 1.